The van der Waals surface area contributed by atoms with Gasteiger partial charge in [0.25, 0.3) is 5.91 Å². The van der Waals surface area contributed by atoms with Crippen LogP contribution >= 0.6 is 0 Å². The Bertz CT molecular complexity index is 1140. The van der Waals surface area contributed by atoms with Gasteiger partial charge in [-0.2, -0.15) is 0 Å². The molecule has 0 bridgehead atoms. The van der Waals surface area contributed by atoms with Gasteiger partial charge < -0.3 is 20.5 Å². The van der Waals surface area contributed by atoms with Crippen LogP contribution in [0, 0.1) is 17.0 Å². The zero-order chi connectivity index (χ0) is 23.4. The average Bonchev–Trinajstić information content (AvgIpc) is 2.97. The second kappa shape index (κ2) is 9.16. The molecule has 1 aliphatic heterocycles. The van der Waals surface area contributed by atoms with Crippen molar-refractivity contribution in [2.24, 2.45) is 0 Å². The molecular formula is C21H20N4O7. The predicted molar refractivity (Wildman–Crippen MR) is 114 cm³/mol. The number of benzene rings is 2. The predicted octanol–water partition coefficient (Wildman–Crippen LogP) is 2.54. The summed E-state index contributed by atoms with van der Waals surface area (Å²) in [5.74, 6) is -2.13. The maximum Gasteiger partial charge on any atom is 0.329 e. The van der Waals surface area contributed by atoms with Crippen molar-refractivity contribution in [1.82, 2.24) is 10.2 Å². The van der Waals surface area contributed by atoms with Crippen LogP contribution in [0.15, 0.2) is 42.1 Å². The third kappa shape index (κ3) is 4.83. The minimum Gasteiger partial charge on any atom is -0.500 e. The monoisotopic (exact) mass is 440 g/mol. The number of nitrogens with zero attached hydrogens (tertiary/aromatic N) is 2. The Kier molecular flexibility index (Phi) is 6.38. The third-order valence-electron chi connectivity index (χ3n) is 4.45. The van der Waals surface area contributed by atoms with Crippen LogP contribution in [-0.4, -0.2) is 45.9 Å². The Morgan fingerprint density at radius 3 is 2.72 bits per heavy atom. The van der Waals surface area contributed by atoms with Gasteiger partial charge in [0.2, 0.25) is 11.7 Å². The minimum absolute atomic E-state index is 0.139. The van der Waals surface area contributed by atoms with E-state index in [-0.39, 0.29) is 23.6 Å². The molecule has 0 saturated carbocycles. The lowest BCUT2D eigenvalue weighted by Gasteiger charge is -2.12. The number of rotatable bonds is 7. The van der Waals surface area contributed by atoms with E-state index in [1.807, 2.05) is 13.0 Å². The number of carbonyl (C=O) groups is 3. The highest BCUT2D eigenvalue weighted by Crippen LogP contribution is 2.37. The first kappa shape index (κ1) is 22.3. The number of nitrogens with one attached hydrogen (secondary N) is 2. The summed E-state index contributed by atoms with van der Waals surface area (Å²) in [5.41, 5.74) is 0.803. The van der Waals surface area contributed by atoms with Crippen LogP contribution in [0.2, 0.25) is 0 Å². The summed E-state index contributed by atoms with van der Waals surface area (Å²) in [6, 6.07) is 8.56. The molecule has 0 radical (unpaired) electrons. The van der Waals surface area contributed by atoms with Crippen LogP contribution in [-0.2, 0) is 9.59 Å². The number of aromatic hydroxyl groups is 1. The first-order chi connectivity index (χ1) is 15.2. The van der Waals surface area contributed by atoms with Crippen molar-refractivity contribution in [1.29, 1.82) is 0 Å². The second-order valence-electron chi connectivity index (χ2n) is 6.87. The molecular weight excluding hydrogens is 420 g/mol. The molecule has 1 fully saturated rings. The summed E-state index contributed by atoms with van der Waals surface area (Å²) in [6.07, 6.45) is 1.20. The van der Waals surface area contributed by atoms with Crippen molar-refractivity contribution in [3.8, 4) is 11.5 Å². The number of aryl methyl sites for hydroxylation is 1. The number of phenolic OH excluding ortho intramolecular Hbond substituents is 1. The number of nitro groups is 1. The van der Waals surface area contributed by atoms with Crippen molar-refractivity contribution < 1.29 is 29.2 Å². The maximum atomic E-state index is 12.6. The maximum absolute atomic E-state index is 12.6. The van der Waals surface area contributed by atoms with E-state index in [1.54, 1.807) is 25.1 Å². The molecule has 1 heterocycles. The number of amides is 4. The van der Waals surface area contributed by atoms with Crippen LogP contribution in [0.3, 0.4) is 0 Å². The number of ether oxygens (including phenoxy) is 1. The van der Waals surface area contributed by atoms with Crippen LogP contribution < -0.4 is 15.4 Å². The van der Waals surface area contributed by atoms with Crippen molar-refractivity contribution in [3.05, 3.63) is 63.3 Å². The fourth-order valence-electron chi connectivity index (χ4n) is 3.05. The van der Waals surface area contributed by atoms with Crippen LogP contribution in [0.5, 0.6) is 11.5 Å². The fraction of sp³-hybridized carbons (Fsp3) is 0.190. The molecule has 1 aliphatic rings. The van der Waals surface area contributed by atoms with Gasteiger partial charge >= 0.3 is 11.7 Å². The molecule has 0 unspecified atom stereocenters. The zero-order valence-corrected chi connectivity index (χ0v) is 17.2. The lowest BCUT2D eigenvalue weighted by atomic mass is 10.1. The van der Waals surface area contributed by atoms with E-state index >= 15 is 0 Å². The third-order valence-corrected chi connectivity index (χ3v) is 4.45. The number of imide groups is 1. The van der Waals surface area contributed by atoms with Gasteiger partial charge in [-0.1, -0.05) is 12.1 Å². The lowest BCUT2D eigenvalue weighted by Crippen LogP contribution is -2.38. The van der Waals surface area contributed by atoms with E-state index in [0.29, 0.717) is 5.69 Å². The molecule has 0 spiro atoms. The number of anilines is 1. The molecule has 1 saturated heterocycles. The van der Waals surface area contributed by atoms with Gasteiger partial charge in [-0.15, -0.1) is 0 Å². The first-order valence-corrected chi connectivity index (χ1v) is 9.55. The molecule has 2 aromatic rings. The number of urea groups is 1. The van der Waals surface area contributed by atoms with E-state index in [4.69, 9.17) is 4.74 Å². The number of hydrogen-bond acceptors (Lipinski definition) is 7. The number of carbonyl (C=O) groups excluding carboxylic acids is 3. The zero-order valence-electron chi connectivity index (χ0n) is 17.2. The van der Waals surface area contributed by atoms with Crippen LogP contribution in [0.1, 0.15) is 18.1 Å². The molecule has 0 aromatic heterocycles. The topological polar surface area (TPSA) is 151 Å². The SMILES string of the molecule is CCOc1cc(/C=C2/NC(=O)N(CC(=O)Nc3cccc(C)c3)C2=O)cc([N+](=O)[O-])c1O. The van der Waals surface area contributed by atoms with Crippen molar-refractivity contribution in [2.75, 3.05) is 18.5 Å². The van der Waals surface area contributed by atoms with E-state index in [2.05, 4.69) is 10.6 Å². The molecule has 2 aromatic carbocycles. The Morgan fingerprint density at radius 2 is 2.06 bits per heavy atom. The molecule has 0 atom stereocenters. The standard InChI is InChI=1S/C21H20N4O7/c1-3-32-17-10-13(9-16(19(17)27)25(30)31)8-15-20(28)24(21(29)23-15)11-18(26)22-14-6-4-5-12(2)7-14/h4-10,27H,3,11H2,1-2H3,(H,22,26)(H,23,29)/b15-8+. The smallest absolute Gasteiger partial charge is 0.329 e. The molecule has 32 heavy (non-hydrogen) atoms. The second-order valence-corrected chi connectivity index (χ2v) is 6.87. The number of phenols is 1. The van der Waals surface area contributed by atoms with Gasteiger partial charge in [-0.3, -0.25) is 19.7 Å². The summed E-state index contributed by atoms with van der Waals surface area (Å²) in [5, 5.41) is 26.1. The van der Waals surface area contributed by atoms with Gasteiger partial charge in [0.1, 0.15) is 12.2 Å². The number of hydrogen-bond donors (Lipinski definition) is 3. The van der Waals surface area contributed by atoms with Crippen LogP contribution in [0.4, 0.5) is 16.2 Å². The highest BCUT2D eigenvalue weighted by Gasteiger charge is 2.35. The molecule has 3 rings (SSSR count). The molecule has 11 heteroatoms. The normalized spacial score (nSPS) is 14.4. The molecule has 4 amide bonds. The Morgan fingerprint density at radius 1 is 1.31 bits per heavy atom. The molecule has 11 nitrogen and oxygen atoms in total. The quantitative estimate of drug-likeness (QED) is 0.259. The number of nitro benzene ring substituents is 1. The summed E-state index contributed by atoms with van der Waals surface area (Å²) in [7, 11) is 0. The van der Waals surface area contributed by atoms with Gasteiger partial charge in [0.15, 0.2) is 5.75 Å². The van der Waals surface area contributed by atoms with Gasteiger partial charge in [-0.25, -0.2) is 9.69 Å². The average molecular weight is 440 g/mol. The van der Waals surface area contributed by atoms with E-state index in [1.165, 1.54) is 12.1 Å². The Balaban J connectivity index is 1.80. The van der Waals surface area contributed by atoms with Crippen molar-refractivity contribution in [2.45, 2.75) is 13.8 Å². The first-order valence-electron chi connectivity index (χ1n) is 9.55. The van der Waals surface area contributed by atoms with E-state index in [9.17, 15) is 29.6 Å². The molecule has 3 N–H and O–H groups in total. The largest absolute Gasteiger partial charge is 0.500 e. The van der Waals surface area contributed by atoms with Gasteiger partial charge in [0, 0.05) is 11.8 Å². The van der Waals surface area contributed by atoms with Gasteiger partial charge in [-0.05, 0) is 49.2 Å². The summed E-state index contributed by atoms with van der Waals surface area (Å²) in [6.45, 7) is 3.12. The lowest BCUT2D eigenvalue weighted by molar-refractivity contribution is -0.386. The minimum atomic E-state index is -0.807. The van der Waals surface area contributed by atoms with Crippen LogP contribution in [0.25, 0.3) is 6.08 Å². The van der Waals surface area contributed by atoms with Crippen molar-refractivity contribution >= 4 is 35.3 Å². The molecule has 0 aliphatic carbocycles. The summed E-state index contributed by atoms with van der Waals surface area (Å²) in [4.78, 5) is 48.3. The Hall–Kier alpha value is -4.41. The summed E-state index contributed by atoms with van der Waals surface area (Å²) < 4.78 is 5.20. The summed E-state index contributed by atoms with van der Waals surface area (Å²) >= 11 is 0. The van der Waals surface area contributed by atoms with E-state index in [0.717, 1.165) is 16.5 Å². The Labute approximate surface area is 182 Å². The van der Waals surface area contributed by atoms with E-state index < -0.39 is 40.8 Å². The highest BCUT2D eigenvalue weighted by molar-refractivity contribution is 6.16. The molecule has 166 valence electrons. The fourth-order valence-corrected chi connectivity index (χ4v) is 3.05. The van der Waals surface area contributed by atoms with Crippen molar-refractivity contribution in [3.63, 3.8) is 0 Å². The highest BCUT2D eigenvalue weighted by atomic mass is 16.6. The van der Waals surface area contributed by atoms with Gasteiger partial charge in [0.05, 0.1) is 11.5 Å².